The molecular formula is C18H26N2O. The number of aliphatic hydroxyl groups is 1. The summed E-state index contributed by atoms with van der Waals surface area (Å²) in [4.78, 5) is 5.22. The Morgan fingerprint density at radius 2 is 1.57 bits per heavy atom. The number of fused-ring (bicyclic) bond motifs is 1. The first-order valence-corrected chi connectivity index (χ1v) is 8.57. The van der Waals surface area contributed by atoms with E-state index in [-0.39, 0.29) is 6.10 Å². The van der Waals surface area contributed by atoms with Crippen LogP contribution in [0, 0.1) is 0 Å². The number of nitrogens with zero attached hydrogens (tertiary/aromatic N) is 2. The highest BCUT2D eigenvalue weighted by atomic mass is 16.3. The van der Waals surface area contributed by atoms with Gasteiger partial charge in [0.2, 0.25) is 0 Å². The van der Waals surface area contributed by atoms with Gasteiger partial charge >= 0.3 is 0 Å². The van der Waals surface area contributed by atoms with Crippen LogP contribution in [0.15, 0.2) is 24.3 Å². The fraction of sp³-hybridized carbons (Fsp3) is 0.667. The maximum Gasteiger partial charge on any atom is 0.0951 e. The van der Waals surface area contributed by atoms with Gasteiger partial charge < -0.3 is 5.11 Å². The van der Waals surface area contributed by atoms with E-state index in [4.69, 9.17) is 0 Å². The molecule has 1 aromatic rings. The summed E-state index contributed by atoms with van der Waals surface area (Å²) in [5.74, 6) is 0. The SMILES string of the molecule is OC1c2ccccc2CC1N1CCN(C2CCCC2)CC1. The van der Waals surface area contributed by atoms with Crippen molar-refractivity contribution >= 4 is 0 Å². The van der Waals surface area contributed by atoms with Crippen molar-refractivity contribution in [1.29, 1.82) is 0 Å². The Morgan fingerprint density at radius 1 is 0.905 bits per heavy atom. The summed E-state index contributed by atoms with van der Waals surface area (Å²) < 4.78 is 0. The Kier molecular flexibility index (Phi) is 3.74. The van der Waals surface area contributed by atoms with Gasteiger partial charge in [-0.1, -0.05) is 37.1 Å². The molecule has 2 atom stereocenters. The molecule has 21 heavy (non-hydrogen) atoms. The van der Waals surface area contributed by atoms with Crippen molar-refractivity contribution in [2.45, 2.75) is 50.3 Å². The third-order valence-corrected chi connectivity index (χ3v) is 5.83. The fourth-order valence-electron chi connectivity index (χ4n) is 4.59. The average molecular weight is 286 g/mol. The molecule has 1 N–H and O–H groups in total. The second kappa shape index (κ2) is 5.71. The van der Waals surface area contributed by atoms with Crippen molar-refractivity contribution in [1.82, 2.24) is 9.80 Å². The summed E-state index contributed by atoms with van der Waals surface area (Å²) in [6.07, 6.45) is 6.36. The van der Waals surface area contributed by atoms with Crippen LogP contribution in [0.1, 0.15) is 42.9 Å². The fourth-order valence-corrected chi connectivity index (χ4v) is 4.59. The minimum atomic E-state index is -0.292. The zero-order chi connectivity index (χ0) is 14.2. The highest BCUT2D eigenvalue weighted by Gasteiger charge is 2.37. The highest BCUT2D eigenvalue weighted by Crippen LogP contribution is 2.35. The molecule has 0 bridgehead atoms. The second-order valence-corrected chi connectivity index (χ2v) is 6.93. The first-order chi connectivity index (χ1) is 10.3. The first-order valence-electron chi connectivity index (χ1n) is 8.57. The van der Waals surface area contributed by atoms with Gasteiger partial charge in [0, 0.05) is 38.3 Å². The lowest BCUT2D eigenvalue weighted by molar-refractivity contribution is 0.0174. The van der Waals surface area contributed by atoms with Gasteiger partial charge in [0.25, 0.3) is 0 Å². The molecule has 114 valence electrons. The summed E-state index contributed by atoms with van der Waals surface area (Å²) in [5.41, 5.74) is 2.49. The second-order valence-electron chi connectivity index (χ2n) is 6.93. The Bertz CT molecular complexity index is 490. The molecule has 3 nitrogen and oxygen atoms in total. The van der Waals surface area contributed by atoms with Crippen LogP contribution in [0.2, 0.25) is 0 Å². The zero-order valence-electron chi connectivity index (χ0n) is 12.7. The van der Waals surface area contributed by atoms with E-state index < -0.39 is 0 Å². The molecule has 1 heterocycles. The van der Waals surface area contributed by atoms with Gasteiger partial charge in [-0.2, -0.15) is 0 Å². The van der Waals surface area contributed by atoms with Gasteiger partial charge in [-0.15, -0.1) is 0 Å². The van der Waals surface area contributed by atoms with Crippen LogP contribution in [0.25, 0.3) is 0 Å². The molecule has 1 saturated carbocycles. The van der Waals surface area contributed by atoms with Gasteiger partial charge in [-0.05, 0) is 30.4 Å². The maximum absolute atomic E-state index is 10.6. The van der Waals surface area contributed by atoms with Gasteiger partial charge in [0.15, 0.2) is 0 Å². The average Bonchev–Trinajstić information content (AvgIpc) is 3.17. The lowest BCUT2D eigenvalue weighted by atomic mass is 10.1. The summed E-state index contributed by atoms with van der Waals surface area (Å²) >= 11 is 0. The highest BCUT2D eigenvalue weighted by molar-refractivity contribution is 5.35. The van der Waals surface area contributed by atoms with E-state index in [1.807, 2.05) is 6.07 Å². The summed E-state index contributed by atoms with van der Waals surface area (Å²) in [5, 5.41) is 10.6. The quantitative estimate of drug-likeness (QED) is 0.903. The summed E-state index contributed by atoms with van der Waals surface area (Å²) in [6, 6.07) is 9.54. The largest absolute Gasteiger partial charge is 0.387 e. The number of rotatable bonds is 2. The Morgan fingerprint density at radius 3 is 2.29 bits per heavy atom. The van der Waals surface area contributed by atoms with Crippen LogP contribution < -0.4 is 0 Å². The molecule has 3 heteroatoms. The number of hydrogen-bond acceptors (Lipinski definition) is 3. The predicted molar refractivity (Wildman–Crippen MR) is 84.3 cm³/mol. The predicted octanol–water partition coefficient (Wildman–Crippen LogP) is 2.20. The third kappa shape index (κ3) is 2.52. The topological polar surface area (TPSA) is 26.7 Å². The van der Waals surface area contributed by atoms with Crippen molar-refractivity contribution < 1.29 is 5.11 Å². The molecule has 1 aromatic carbocycles. The number of benzene rings is 1. The smallest absolute Gasteiger partial charge is 0.0951 e. The van der Waals surface area contributed by atoms with Crippen molar-refractivity contribution in [2.75, 3.05) is 26.2 Å². The summed E-state index contributed by atoms with van der Waals surface area (Å²) in [7, 11) is 0. The molecule has 1 aliphatic heterocycles. The van der Waals surface area contributed by atoms with Gasteiger partial charge in [0.05, 0.1) is 6.10 Å². The van der Waals surface area contributed by atoms with E-state index in [1.165, 1.54) is 44.3 Å². The normalized spacial score (nSPS) is 31.7. The van der Waals surface area contributed by atoms with E-state index in [1.54, 1.807) is 0 Å². The monoisotopic (exact) mass is 286 g/mol. The number of hydrogen-bond donors (Lipinski definition) is 1. The lowest BCUT2D eigenvalue weighted by Gasteiger charge is -2.41. The number of piperazine rings is 1. The van der Waals surface area contributed by atoms with Crippen molar-refractivity contribution in [3.05, 3.63) is 35.4 Å². The van der Waals surface area contributed by atoms with E-state index >= 15 is 0 Å². The molecule has 4 rings (SSSR count). The summed E-state index contributed by atoms with van der Waals surface area (Å²) in [6.45, 7) is 4.60. The van der Waals surface area contributed by atoms with Crippen molar-refractivity contribution in [3.63, 3.8) is 0 Å². The molecule has 2 aliphatic carbocycles. The molecule has 0 radical (unpaired) electrons. The minimum absolute atomic E-state index is 0.292. The van der Waals surface area contributed by atoms with Gasteiger partial charge in [0.1, 0.15) is 0 Å². The third-order valence-electron chi connectivity index (χ3n) is 5.83. The molecule has 1 saturated heterocycles. The number of aliphatic hydroxyl groups excluding tert-OH is 1. The standard InChI is InChI=1S/C18H26N2O/c21-18-16-8-4-1-5-14(16)13-17(18)20-11-9-19(10-12-20)15-6-2-3-7-15/h1,4-5,8,15,17-18,21H,2-3,6-7,9-13H2. The zero-order valence-corrected chi connectivity index (χ0v) is 12.7. The molecule has 0 spiro atoms. The lowest BCUT2D eigenvalue weighted by Crippen LogP contribution is -2.53. The van der Waals surface area contributed by atoms with E-state index in [2.05, 4.69) is 28.0 Å². The van der Waals surface area contributed by atoms with Crippen LogP contribution in [0.4, 0.5) is 0 Å². The van der Waals surface area contributed by atoms with Crippen LogP contribution in [-0.4, -0.2) is 53.2 Å². The van der Waals surface area contributed by atoms with Gasteiger partial charge in [-0.25, -0.2) is 0 Å². The van der Waals surface area contributed by atoms with Crippen LogP contribution in [0.5, 0.6) is 0 Å². The van der Waals surface area contributed by atoms with E-state index in [0.717, 1.165) is 31.1 Å². The van der Waals surface area contributed by atoms with Crippen LogP contribution >= 0.6 is 0 Å². The molecule has 2 fully saturated rings. The molecular weight excluding hydrogens is 260 g/mol. The maximum atomic E-state index is 10.6. The van der Waals surface area contributed by atoms with Gasteiger partial charge in [-0.3, -0.25) is 9.80 Å². The molecule has 0 amide bonds. The molecule has 2 unspecified atom stereocenters. The van der Waals surface area contributed by atoms with E-state index in [0.29, 0.717) is 6.04 Å². The van der Waals surface area contributed by atoms with E-state index in [9.17, 15) is 5.11 Å². The molecule has 0 aromatic heterocycles. The Labute approximate surface area is 127 Å². The van der Waals surface area contributed by atoms with Crippen molar-refractivity contribution in [2.24, 2.45) is 0 Å². The Hall–Kier alpha value is -0.900. The minimum Gasteiger partial charge on any atom is -0.387 e. The molecule has 3 aliphatic rings. The van der Waals surface area contributed by atoms with Crippen molar-refractivity contribution in [3.8, 4) is 0 Å². The first kappa shape index (κ1) is 13.7. The Balaban J connectivity index is 1.39. The van der Waals surface area contributed by atoms with Crippen LogP contribution in [0.3, 0.4) is 0 Å². The van der Waals surface area contributed by atoms with Crippen LogP contribution in [-0.2, 0) is 6.42 Å².